The molecule has 10 heavy (non-hydrogen) atoms. The standard InChI is InChI=1S/C7H11NO2/c8-5-1-2-7(6(9)10)3-4(5)7/h4-5H,1-3,8H2,(H,9,10)/t4-,5-,7+/m1/s1. The Morgan fingerprint density at radius 2 is 2.40 bits per heavy atom. The molecule has 0 aromatic rings. The van der Waals surface area contributed by atoms with E-state index in [1.54, 1.807) is 0 Å². The Morgan fingerprint density at radius 1 is 1.70 bits per heavy atom. The predicted octanol–water partition coefficient (Wildman–Crippen LogP) is 0.198. The maximum Gasteiger partial charge on any atom is 0.309 e. The highest BCUT2D eigenvalue weighted by molar-refractivity contribution is 5.79. The Morgan fingerprint density at radius 3 is 2.60 bits per heavy atom. The van der Waals surface area contributed by atoms with Crippen LogP contribution in [0, 0.1) is 11.3 Å². The summed E-state index contributed by atoms with van der Waals surface area (Å²) in [4.78, 5) is 10.7. The number of carboxylic acid groups (broad SMARTS) is 1. The van der Waals surface area contributed by atoms with Crippen LogP contribution in [-0.2, 0) is 4.79 Å². The van der Waals surface area contributed by atoms with E-state index in [-0.39, 0.29) is 11.5 Å². The van der Waals surface area contributed by atoms with E-state index in [1.807, 2.05) is 0 Å². The Kier molecular flexibility index (Phi) is 0.944. The van der Waals surface area contributed by atoms with E-state index in [9.17, 15) is 4.79 Å². The zero-order valence-corrected chi connectivity index (χ0v) is 5.71. The molecule has 2 rings (SSSR count). The van der Waals surface area contributed by atoms with Gasteiger partial charge in [-0.15, -0.1) is 0 Å². The third kappa shape index (κ3) is 0.515. The Labute approximate surface area is 59.2 Å². The summed E-state index contributed by atoms with van der Waals surface area (Å²) in [5.74, 6) is -0.338. The lowest BCUT2D eigenvalue weighted by molar-refractivity contribution is -0.143. The molecule has 2 fully saturated rings. The molecule has 0 radical (unpaired) electrons. The second kappa shape index (κ2) is 1.53. The van der Waals surface area contributed by atoms with Gasteiger partial charge < -0.3 is 10.8 Å². The van der Waals surface area contributed by atoms with E-state index < -0.39 is 5.97 Å². The first kappa shape index (κ1) is 6.16. The van der Waals surface area contributed by atoms with Crippen molar-refractivity contribution in [3.8, 4) is 0 Å². The average Bonchev–Trinajstić information content (AvgIpc) is 2.52. The van der Waals surface area contributed by atoms with Gasteiger partial charge in [0.05, 0.1) is 5.41 Å². The third-order valence-corrected chi connectivity index (χ3v) is 3.00. The van der Waals surface area contributed by atoms with Crippen molar-refractivity contribution in [2.24, 2.45) is 17.1 Å². The number of carbonyl (C=O) groups is 1. The van der Waals surface area contributed by atoms with Gasteiger partial charge in [0.15, 0.2) is 0 Å². The molecule has 2 aliphatic carbocycles. The van der Waals surface area contributed by atoms with Crippen LogP contribution in [0.3, 0.4) is 0 Å². The normalized spacial score (nSPS) is 50.5. The van der Waals surface area contributed by atoms with Crippen LogP contribution in [0.2, 0.25) is 0 Å². The summed E-state index contributed by atoms with van der Waals surface area (Å²) in [6, 6.07) is 0.163. The molecule has 0 saturated heterocycles. The third-order valence-electron chi connectivity index (χ3n) is 3.00. The van der Waals surface area contributed by atoms with Gasteiger partial charge in [-0.2, -0.15) is 0 Å². The van der Waals surface area contributed by atoms with Gasteiger partial charge in [-0.25, -0.2) is 0 Å². The van der Waals surface area contributed by atoms with E-state index in [0.717, 1.165) is 19.3 Å². The molecule has 0 unspecified atom stereocenters. The lowest BCUT2D eigenvalue weighted by Gasteiger charge is -2.01. The maximum absolute atomic E-state index is 10.7. The van der Waals surface area contributed by atoms with Gasteiger partial charge in [0.25, 0.3) is 0 Å². The smallest absolute Gasteiger partial charge is 0.309 e. The quantitative estimate of drug-likeness (QED) is 0.548. The van der Waals surface area contributed by atoms with Crippen LogP contribution < -0.4 is 5.73 Å². The lowest BCUT2D eigenvalue weighted by Crippen LogP contribution is -2.20. The minimum atomic E-state index is -0.634. The fourth-order valence-electron chi connectivity index (χ4n) is 2.16. The van der Waals surface area contributed by atoms with Gasteiger partial charge in [-0.05, 0) is 25.2 Å². The Bertz CT molecular complexity index is 192. The average molecular weight is 141 g/mol. The summed E-state index contributed by atoms with van der Waals surface area (Å²) < 4.78 is 0. The van der Waals surface area contributed by atoms with Crippen molar-refractivity contribution in [3.05, 3.63) is 0 Å². The van der Waals surface area contributed by atoms with Gasteiger partial charge in [0.2, 0.25) is 0 Å². The van der Waals surface area contributed by atoms with E-state index in [0.29, 0.717) is 5.92 Å². The number of aliphatic carboxylic acids is 1. The molecule has 3 N–H and O–H groups in total. The summed E-state index contributed by atoms with van der Waals surface area (Å²) in [5.41, 5.74) is 5.30. The molecule has 0 aromatic carbocycles. The predicted molar refractivity (Wildman–Crippen MR) is 35.4 cm³/mol. The molecular formula is C7H11NO2. The number of fused-ring (bicyclic) bond motifs is 1. The Hall–Kier alpha value is -0.570. The van der Waals surface area contributed by atoms with Crippen LogP contribution in [0.5, 0.6) is 0 Å². The lowest BCUT2D eigenvalue weighted by atomic mass is 10.1. The van der Waals surface area contributed by atoms with Gasteiger partial charge in [-0.1, -0.05) is 0 Å². The van der Waals surface area contributed by atoms with Crippen LogP contribution in [0.4, 0.5) is 0 Å². The molecule has 0 amide bonds. The summed E-state index contributed by atoms with van der Waals surface area (Å²) in [6.45, 7) is 0. The van der Waals surface area contributed by atoms with Crippen molar-refractivity contribution in [3.63, 3.8) is 0 Å². The molecule has 2 saturated carbocycles. The maximum atomic E-state index is 10.7. The van der Waals surface area contributed by atoms with Crippen molar-refractivity contribution < 1.29 is 9.90 Å². The monoisotopic (exact) mass is 141 g/mol. The highest BCUT2D eigenvalue weighted by Gasteiger charge is 2.65. The second-order valence-electron chi connectivity index (χ2n) is 3.47. The molecule has 3 heteroatoms. The first-order chi connectivity index (χ1) is 4.67. The number of hydrogen-bond acceptors (Lipinski definition) is 2. The molecule has 0 aliphatic heterocycles. The Balaban J connectivity index is 2.18. The highest BCUT2D eigenvalue weighted by Crippen LogP contribution is 2.62. The van der Waals surface area contributed by atoms with Gasteiger partial charge in [0, 0.05) is 6.04 Å². The largest absolute Gasteiger partial charge is 0.481 e. The van der Waals surface area contributed by atoms with Crippen LogP contribution >= 0.6 is 0 Å². The number of rotatable bonds is 1. The van der Waals surface area contributed by atoms with Crippen LogP contribution in [0.15, 0.2) is 0 Å². The zero-order valence-electron chi connectivity index (χ0n) is 5.71. The van der Waals surface area contributed by atoms with Crippen molar-refractivity contribution in [2.45, 2.75) is 25.3 Å². The van der Waals surface area contributed by atoms with Crippen molar-refractivity contribution in [2.75, 3.05) is 0 Å². The van der Waals surface area contributed by atoms with Crippen LogP contribution in [-0.4, -0.2) is 17.1 Å². The van der Waals surface area contributed by atoms with Crippen molar-refractivity contribution >= 4 is 5.97 Å². The topological polar surface area (TPSA) is 63.3 Å². The summed E-state index contributed by atoms with van der Waals surface area (Å²) in [5, 5.41) is 8.78. The van der Waals surface area contributed by atoms with Crippen LogP contribution in [0.25, 0.3) is 0 Å². The molecule has 3 nitrogen and oxygen atoms in total. The number of carboxylic acids is 1. The number of hydrogen-bond donors (Lipinski definition) is 2. The molecule has 0 bridgehead atoms. The fourth-order valence-corrected chi connectivity index (χ4v) is 2.16. The second-order valence-corrected chi connectivity index (χ2v) is 3.47. The van der Waals surface area contributed by atoms with Gasteiger partial charge in [-0.3, -0.25) is 4.79 Å². The first-order valence-corrected chi connectivity index (χ1v) is 3.66. The zero-order chi connectivity index (χ0) is 7.35. The SMILES string of the molecule is N[C@@H]1CC[C@]2(C(=O)O)C[C@H]12. The molecule has 56 valence electrons. The summed E-state index contributed by atoms with van der Waals surface area (Å²) >= 11 is 0. The van der Waals surface area contributed by atoms with Gasteiger partial charge >= 0.3 is 5.97 Å². The van der Waals surface area contributed by atoms with E-state index in [1.165, 1.54) is 0 Å². The van der Waals surface area contributed by atoms with E-state index >= 15 is 0 Å². The molecule has 2 aliphatic rings. The minimum absolute atomic E-state index is 0.163. The highest BCUT2D eigenvalue weighted by atomic mass is 16.4. The molecule has 0 aromatic heterocycles. The summed E-state index contributed by atoms with van der Waals surface area (Å²) in [7, 11) is 0. The first-order valence-electron chi connectivity index (χ1n) is 3.66. The fraction of sp³-hybridized carbons (Fsp3) is 0.857. The minimum Gasteiger partial charge on any atom is -0.481 e. The molecule has 0 spiro atoms. The van der Waals surface area contributed by atoms with E-state index in [2.05, 4.69) is 0 Å². The van der Waals surface area contributed by atoms with Crippen molar-refractivity contribution in [1.82, 2.24) is 0 Å². The van der Waals surface area contributed by atoms with Crippen LogP contribution in [0.1, 0.15) is 19.3 Å². The van der Waals surface area contributed by atoms with E-state index in [4.69, 9.17) is 10.8 Å². The summed E-state index contributed by atoms with van der Waals surface area (Å²) in [6.07, 6.45) is 2.52. The molecular weight excluding hydrogens is 130 g/mol. The molecule has 3 atom stereocenters. The number of nitrogens with two attached hydrogens (primary N) is 1. The van der Waals surface area contributed by atoms with Gasteiger partial charge in [0.1, 0.15) is 0 Å². The van der Waals surface area contributed by atoms with Crippen molar-refractivity contribution in [1.29, 1.82) is 0 Å². The molecule has 0 heterocycles.